The van der Waals surface area contributed by atoms with Crippen LogP contribution in [-0.4, -0.2) is 18.9 Å². The third kappa shape index (κ3) is 5.33. The van der Waals surface area contributed by atoms with Crippen molar-refractivity contribution in [2.75, 3.05) is 7.11 Å². The van der Waals surface area contributed by atoms with Gasteiger partial charge in [0.05, 0.1) is 23.8 Å². The van der Waals surface area contributed by atoms with Crippen LogP contribution in [0.15, 0.2) is 103 Å². The van der Waals surface area contributed by atoms with Crippen molar-refractivity contribution in [3.63, 3.8) is 0 Å². The first kappa shape index (κ1) is 22.8. The van der Waals surface area contributed by atoms with Crippen molar-refractivity contribution in [3.8, 4) is 11.5 Å². The Labute approximate surface area is 198 Å². The fourth-order valence-electron chi connectivity index (χ4n) is 3.56. The molecule has 0 amide bonds. The number of benzene rings is 4. The first-order valence-corrected chi connectivity index (χ1v) is 10.9. The first-order chi connectivity index (χ1) is 16.7. The third-order valence-electron chi connectivity index (χ3n) is 5.27. The van der Waals surface area contributed by atoms with E-state index in [1.165, 1.54) is 7.11 Å². The highest BCUT2D eigenvalue weighted by Crippen LogP contribution is 2.30. The standard InChI is InChI=1S/C29H24O5/c1-32-26-18-10-16-24(29(31)34-20-22-13-6-3-7-14-22)27(26)28(30)23-15-8-9-17-25(23)33-19-21-11-4-2-5-12-21/h2-18H,19-20H2,1H3. The summed E-state index contributed by atoms with van der Waals surface area (Å²) in [6.45, 7) is 0.407. The van der Waals surface area contributed by atoms with Gasteiger partial charge in [0.15, 0.2) is 0 Å². The van der Waals surface area contributed by atoms with Crippen LogP contribution in [0.2, 0.25) is 0 Å². The minimum atomic E-state index is -0.603. The van der Waals surface area contributed by atoms with E-state index in [0.717, 1.165) is 11.1 Å². The van der Waals surface area contributed by atoms with Gasteiger partial charge in [-0.2, -0.15) is 0 Å². The Morgan fingerprint density at radius 3 is 1.85 bits per heavy atom. The Morgan fingerprint density at radius 2 is 1.18 bits per heavy atom. The number of hydrogen-bond acceptors (Lipinski definition) is 5. The van der Waals surface area contributed by atoms with Crippen LogP contribution < -0.4 is 9.47 Å². The summed E-state index contributed by atoms with van der Waals surface area (Å²) in [5, 5.41) is 0. The maximum Gasteiger partial charge on any atom is 0.339 e. The maximum atomic E-state index is 13.7. The van der Waals surface area contributed by atoms with E-state index < -0.39 is 5.97 Å². The maximum absolute atomic E-state index is 13.7. The molecule has 5 nitrogen and oxygen atoms in total. The smallest absolute Gasteiger partial charge is 0.339 e. The molecule has 170 valence electrons. The number of esters is 1. The minimum Gasteiger partial charge on any atom is -0.496 e. The first-order valence-electron chi connectivity index (χ1n) is 10.9. The van der Waals surface area contributed by atoms with E-state index in [0.29, 0.717) is 17.9 Å². The van der Waals surface area contributed by atoms with Crippen molar-refractivity contribution < 1.29 is 23.8 Å². The van der Waals surface area contributed by atoms with Crippen LogP contribution in [0, 0.1) is 0 Å². The second kappa shape index (κ2) is 11.0. The lowest BCUT2D eigenvalue weighted by molar-refractivity contribution is 0.0469. The van der Waals surface area contributed by atoms with E-state index in [9.17, 15) is 9.59 Å². The van der Waals surface area contributed by atoms with Crippen molar-refractivity contribution in [1.29, 1.82) is 0 Å². The number of hydrogen-bond donors (Lipinski definition) is 0. The number of ketones is 1. The van der Waals surface area contributed by atoms with E-state index in [-0.39, 0.29) is 29.3 Å². The average Bonchev–Trinajstić information content (AvgIpc) is 2.91. The van der Waals surface area contributed by atoms with Crippen molar-refractivity contribution in [2.24, 2.45) is 0 Å². The molecule has 0 heterocycles. The molecule has 0 spiro atoms. The largest absolute Gasteiger partial charge is 0.496 e. The van der Waals surface area contributed by atoms with Gasteiger partial charge in [-0.25, -0.2) is 4.79 Å². The van der Waals surface area contributed by atoms with Crippen molar-refractivity contribution in [3.05, 3.63) is 131 Å². The molecule has 0 radical (unpaired) electrons. The molecule has 0 bridgehead atoms. The van der Waals surface area contributed by atoms with Crippen molar-refractivity contribution in [1.82, 2.24) is 0 Å². The second-order valence-electron chi connectivity index (χ2n) is 7.54. The van der Waals surface area contributed by atoms with Crippen molar-refractivity contribution >= 4 is 11.8 Å². The van der Waals surface area contributed by atoms with E-state index in [1.807, 2.05) is 60.7 Å². The van der Waals surface area contributed by atoms with E-state index in [2.05, 4.69) is 0 Å². The molecule has 4 aromatic carbocycles. The molecule has 0 N–H and O–H groups in total. The number of methoxy groups -OCH3 is 1. The Morgan fingerprint density at radius 1 is 0.618 bits per heavy atom. The van der Waals surface area contributed by atoms with Crippen molar-refractivity contribution in [2.45, 2.75) is 13.2 Å². The molecule has 0 aliphatic carbocycles. The highest BCUT2D eigenvalue weighted by Gasteiger charge is 2.26. The normalized spacial score (nSPS) is 10.4. The third-order valence-corrected chi connectivity index (χ3v) is 5.27. The molecular weight excluding hydrogens is 428 g/mol. The zero-order valence-electron chi connectivity index (χ0n) is 18.8. The fraction of sp³-hybridized carbons (Fsp3) is 0.103. The second-order valence-corrected chi connectivity index (χ2v) is 7.54. The molecule has 4 rings (SSSR count). The van der Waals surface area contributed by atoms with Gasteiger partial charge in [0.1, 0.15) is 24.7 Å². The summed E-state index contributed by atoms with van der Waals surface area (Å²) in [6.07, 6.45) is 0. The van der Waals surface area contributed by atoms with Crippen LogP contribution in [-0.2, 0) is 18.0 Å². The number of carbonyl (C=O) groups is 2. The van der Waals surface area contributed by atoms with E-state index in [4.69, 9.17) is 14.2 Å². The van der Waals surface area contributed by atoms with Gasteiger partial charge in [0.25, 0.3) is 0 Å². The number of rotatable bonds is 9. The summed E-state index contributed by atoms with van der Waals surface area (Å²) < 4.78 is 16.9. The number of para-hydroxylation sites is 1. The molecule has 4 aromatic rings. The Balaban J connectivity index is 1.62. The van der Waals surface area contributed by atoms with Crippen LogP contribution in [0.1, 0.15) is 37.4 Å². The predicted octanol–water partition coefficient (Wildman–Crippen LogP) is 5.86. The number of ether oxygens (including phenoxy) is 3. The SMILES string of the molecule is COc1cccc(C(=O)OCc2ccccc2)c1C(=O)c1ccccc1OCc1ccccc1. The van der Waals surface area contributed by atoms with Crippen LogP contribution >= 0.6 is 0 Å². The molecule has 34 heavy (non-hydrogen) atoms. The lowest BCUT2D eigenvalue weighted by Crippen LogP contribution is -2.15. The van der Waals surface area contributed by atoms with Gasteiger partial charge in [-0.3, -0.25) is 4.79 Å². The molecule has 0 atom stereocenters. The molecular formula is C29H24O5. The topological polar surface area (TPSA) is 61.8 Å². The summed E-state index contributed by atoms with van der Waals surface area (Å²) in [7, 11) is 1.46. The van der Waals surface area contributed by atoms with Gasteiger partial charge in [-0.05, 0) is 35.4 Å². The van der Waals surface area contributed by atoms with Gasteiger partial charge >= 0.3 is 5.97 Å². The Bertz CT molecular complexity index is 1270. The molecule has 0 aromatic heterocycles. The summed E-state index contributed by atoms with van der Waals surface area (Å²) in [5.74, 6) is -0.274. The predicted molar refractivity (Wildman–Crippen MR) is 129 cm³/mol. The average molecular weight is 453 g/mol. The minimum absolute atomic E-state index is 0.0985. The highest BCUT2D eigenvalue weighted by atomic mass is 16.5. The zero-order chi connectivity index (χ0) is 23.8. The Hall–Kier alpha value is -4.38. The van der Waals surface area contributed by atoms with Crippen LogP contribution in [0.25, 0.3) is 0 Å². The quantitative estimate of drug-likeness (QED) is 0.235. The summed E-state index contributed by atoms with van der Waals surface area (Å²) in [5.41, 5.74) is 2.44. The fourth-order valence-corrected chi connectivity index (χ4v) is 3.56. The highest BCUT2D eigenvalue weighted by molar-refractivity contribution is 6.17. The van der Waals surface area contributed by atoms with Gasteiger partial charge in [0, 0.05) is 0 Å². The molecule has 0 saturated heterocycles. The van der Waals surface area contributed by atoms with Gasteiger partial charge in [-0.15, -0.1) is 0 Å². The van der Waals surface area contributed by atoms with E-state index in [1.54, 1.807) is 42.5 Å². The van der Waals surface area contributed by atoms with Gasteiger partial charge in [0.2, 0.25) is 5.78 Å². The molecule has 0 unspecified atom stereocenters. The molecule has 0 fully saturated rings. The van der Waals surface area contributed by atoms with Gasteiger partial charge < -0.3 is 14.2 Å². The van der Waals surface area contributed by atoms with Gasteiger partial charge in [-0.1, -0.05) is 78.9 Å². The summed E-state index contributed by atoms with van der Waals surface area (Å²) >= 11 is 0. The summed E-state index contributed by atoms with van der Waals surface area (Å²) in [4.78, 5) is 26.7. The molecule has 0 saturated carbocycles. The number of carbonyl (C=O) groups excluding carboxylic acids is 2. The lowest BCUT2D eigenvalue weighted by atomic mass is 9.96. The van der Waals surface area contributed by atoms with E-state index >= 15 is 0 Å². The monoisotopic (exact) mass is 452 g/mol. The van der Waals surface area contributed by atoms with Crippen LogP contribution in [0.5, 0.6) is 11.5 Å². The molecule has 5 heteroatoms. The van der Waals surface area contributed by atoms with Crippen LogP contribution in [0.3, 0.4) is 0 Å². The zero-order valence-corrected chi connectivity index (χ0v) is 18.8. The molecule has 0 aliphatic rings. The Kier molecular flexibility index (Phi) is 7.35. The van der Waals surface area contributed by atoms with Crippen LogP contribution in [0.4, 0.5) is 0 Å². The summed E-state index contributed by atoms with van der Waals surface area (Å²) in [6, 6.07) is 30.9. The molecule has 0 aliphatic heterocycles. The lowest BCUT2D eigenvalue weighted by Gasteiger charge is -2.15.